The summed E-state index contributed by atoms with van der Waals surface area (Å²) in [6.45, 7) is 6.87. The van der Waals surface area contributed by atoms with Gasteiger partial charge in [-0.15, -0.1) is 0 Å². The highest BCUT2D eigenvalue weighted by molar-refractivity contribution is 6.88. The van der Waals surface area contributed by atoms with E-state index < -0.39 is 8.07 Å². The number of hydrogen-bond acceptors (Lipinski definition) is 1. The van der Waals surface area contributed by atoms with Crippen molar-refractivity contribution in [3.05, 3.63) is 47.8 Å². The number of aromatic amines is 1. The van der Waals surface area contributed by atoms with Gasteiger partial charge in [-0.3, -0.25) is 4.79 Å². The molecule has 1 N–H and O–H groups in total. The normalized spacial score (nSPS) is 16.0. The van der Waals surface area contributed by atoms with Crippen LogP contribution in [0.3, 0.4) is 0 Å². The molecule has 4 heteroatoms. The molecule has 22 heavy (non-hydrogen) atoms. The summed E-state index contributed by atoms with van der Waals surface area (Å²) in [6, 6.07) is 12.5. The lowest BCUT2D eigenvalue weighted by molar-refractivity contribution is -0.112. The highest BCUT2D eigenvalue weighted by atomic mass is 28.3. The average Bonchev–Trinajstić information content (AvgIpc) is 3.05. The van der Waals surface area contributed by atoms with Gasteiger partial charge in [0.15, 0.2) is 0 Å². The molecule has 0 fully saturated rings. The van der Waals surface area contributed by atoms with Gasteiger partial charge in [-0.05, 0) is 24.3 Å². The van der Waals surface area contributed by atoms with E-state index in [2.05, 4.69) is 42.8 Å². The SMILES string of the molecule is C#CN1C(=O)/C(=C\c2ccc[nH]2)c2cc([Si](C)(C)C)ccc21. The van der Waals surface area contributed by atoms with Gasteiger partial charge < -0.3 is 4.98 Å². The zero-order valence-electron chi connectivity index (χ0n) is 13.0. The Hall–Kier alpha value is -2.51. The number of fused-ring (bicyclic) bond motifs is 1. The molecule has 0 radical (unpaired) electrons. The van der Waals surface area contributed by atoms with Gasteiger partial charge in [0.1, 0.15) is 0 Å². The fourth-order valence-electron chi connectivity index (χ4n) is 2.62. The summed E-state index contributed by atoms with van der Waals surface area (Å²) in [6.07, 6.45) is 9.23. The van der Waals surface area contributed by atoms with Crippen molar-refractivity contribution in [1.82, 2.24) is 4.98 Å². The largest absolute Gasteiger partial charge is 0.362 e. The van der Waals surface area contributed by atoms with Gasteiger partial charge in [0, 0.05) is 23.5 Å². The van der Waals surface area contributed by atoms with Gasteiger partial charge >= 0.3 is 0 Å². The van der Waals surface area contributed by atoms with Crippen molar-refractivity contribution >= 4 is 36.5 Å². The van der Waals surface area contributed by atoms with Crippen LogP contribution in [0.1, 0.15) is 11.3 Å². The molecule has 1 aliphatic heterocycles. The number of aromatic nitrogens is 1. The molecule has 0 saturated carbocycles. The maximum Gasteiger partial charge on any atom is 0.270 e. The summed E-state index contributed by atoms with van der Waals surface area (Å²) in [4.78, 5) is 17.1. The second-order valence-corrected chi connectivity index (χ2v) is 11.5. The smallest absolute Gasteiger partial charge is 0.270 e. The Balaban J connectivity index is 2.20. The van der Waals surface area contributed by atoms with Gasteiger partial charge in [0.05, 0.1) is 19.3 Å². The lowest BCUT2D eigenvalue weighted by Crippen LogP contribution is -2.37. The highest BCUT2D eigenvalue weighted by Gasteiger charge is 2.33. The van der Waals surface area contributed by atoms with Crippen LogP contribution < -0.4 is 10.1 Å². The number of nitrogens with one attached hydrogen (secondary N) is 1. The van der Waals surface area contributed by atoms with Gasteiger partial charge in [-0.1, -0.05) is 43.4 Å². The molecular formula is C18H18N2OSi. The van der Waals surface area contributed by atoms with Gasteiger partial charge in [-0.25, -0.2) is 4.90 Å². The molecule has 0 spiro atoms. The zero-order chi connectivity index (χ0) is 15.9. The first-order valence-corrected chi connectivity index (χ1v) is 10.7. The summed E-state index contributed by atoms with van der Waals surface area (Å²) < 4.78 is 0. The fourth-order valence-corrected chi connectivity index (χ4v) is 3.78. The van der Waals surface area contributed by atoms with Crippen LogP contribution in [0.25, 0.3) is 11.6 Å². The third-order valence-electron chi connectivity index (χ3n) is 3.88. The number of amides is 1. The minimum atomic E-state index is -1.46. The minimum absolute atomic E-state index is 0.139. The van der Waals surface area contributed by atoms with Crippen LogP contribution in [0, 0.1) is 12.5 Å². The van der Waals surface area contributed by atoms with E-state index >= 15 is 0 Å². The maximum absolute atomic E-state index is 12.6. The molecular weight excluding hydrogens is 288 g/mol. The molecule has 0 atom stereocenters. The molecule has 3 rings (SSSR count). The molecule has 110 valence electrons. The standard InChI is InChI=1S/C18H18N2OSi/c1-5-20-17-9-8-14(22(2,3)4)12-15(17)16(18(20)21)11-13-7-6-10-19-13/h1,6-12,19H,2-4H3/b16-11-. The van der Waals surface area contributed by atoms with E-state index in [1.54, 1.807) is 0 Å². The number of terminal acetylenes is 1. The molecule has 2 heterocycles. The molecule has 1 aromatic heterocycles. The van der Waals surface area contributed by atoms with Crippen molar-refractivity contribution in [2.45, 2.75) is 19.6 Å². The van der Waals surface area contributed by atoms with Crippen molar-refractivity contribution in [1.29, 1.82) is 0 Å². The molecule has 0 saturated heterocycles. The van der Waals surface area contributed by atoms with Crippen LogP contribution in [-0.4, -0.2) is 19.0 Å². The third kappa shape index (κ3) is 2.30. The van der Waals surface area contributed by atoms with Crippen molar-refractivity contribution in [3.8, 4) is 12.5 Å². The summed E-state index contributed by atoms with van der Waals surface area (Å²) in [7, 11) is -1.46. The number of hydrogen-bond donors (Lipinski definition) is 1. The van der Waals surface area contributed by atoms with Crippen molar-refractivity contribution < 1.29 is 4.79 Å². The lowest BCUT2D eigenvalue weighted by atomic mass is 10.1. The van der Waals surface area contributed by atoms with Crippen molar-refractivity contribution in [2.75, 3.05) is 4.90 Å². The average molecular weight is 306 g/mol. The van der Waals surface area contributed by atoms with E-state index in [0.29, 0.717) is 5.57 Å². The predicted molar refractivity (Wildman–Crippen MR) is 94.4 cm³/mol. The number of carbonyl (C=O) groups is 1. The zero-order valence-corrected chi connectivity index (χ0v) is 14.0. The Labute approximate surface area is 131 Å². The van der Waals surface area contributed by atoms with Crippen LogP contribution in [0.15, 0.2) is 36.5 Å². The Morgan fingerprint density at radius 3 is 2.64 bits per heavy atom. The topological polar surface area (TPSA) is 36.1 Å². The quantitative estimate of drug-likeness (QED) is 0.517. The van der Waals surface area contributed by atoms with Crippen molar-refractivity contribution in [3.63, 3.8) is 0 Å². The molecule has 1 aliphatic rings. The van der Waals surface area contributed by atoms with Crippen molar-refractivity contribution in [2.24, 2.45) is 0 Å². The van der Waals surface area contributed by atoms with Crippen LogP contribution in [0.2, 0.25) is 19.6 Å². The van der Waals surface area contributed by atoms with Crippen LogP contribution in [0.5, 0.6) is 0 Å². The van der Waals surface area contributed by atoms with Gasteiger partial charge in [-0.2, -0.15) is 0 Å². The molecule has 1 amide bonds. The Morgan fingerprint density at radius 2 is 2.05 bits per heavy atom. The summed E-state index contributed by atoms with van der Waals surface area (Å²) >= 11 is 0. The molecule has 0 unspecified atom stereocenters. The molecule has 0 aliphatic carbocycles. The Bertz CT molecular complexity index is 805. The molecule has 3 nitrogen and oxygen atoms in total. The second kappa shape index (κ2) is 5.04. The summed E-state index contributed by atoms with van der Waals surface area (Å²) in [5.74, 6) is -0.139. The minimum Gasteiger partial charge on any atom is -0.362 e. The molecule has 1 aromatic carbocycles. The van der Waals surface area contributed by atoms with E-state index in [1.807, 2.05) is 30.5 Å². The predicted octanol–water partition coefficient (Wildman–Crippen LogP) is 3.04. The van der Waals surface area contributed by atoms with E-state index in [0.717, 1.165) is 16.9 Å². The van der Waals surface area contributed by atoms with E-state index in [-0.39, 0.29) is 5.91 Å². The Kier molecular flexibility index (Phi) is 3.31. The van der Waals surface area contributed by atoms with E-state index in [9.17, 15) is 4.79 Å². The number of carbonyl (C=O) groups excluding carboxylic acids is 1. The number of nitrogens with zero attached hydrogens (tertiary/aromatic N) is 1. The maximum atomic E-state index is 12.6. The van der Waals surface area contributed by atoms with Crippen LogP contribution >= 0.6 is 0 Å². The first-order valence-electron chi connectivity index (χ1n) is 7.22. The second-order valence-electron chi connectivity index (χ2n) is 6.44. The van der Waals surface area contributed by atoms with E-state index in [1.165, 1.54) is 10.1 Å². The number of anilines is 1. The van der Waals surface area contributed by atoms with Gasteiger partial charge in [0.25, 0.3) is 5.91 Å². The summed E-state index contributed by atoms with van der Waals surface area (Å²) in [5.41, 5.74) is 3.27. The summed E-state index contributed by atoms with van der Waals surface area (Å²) in [5, 5.41) is 1.32. The highest BCUT2D eigenvalue weighted by Crippen LogP contribution is 2.36. The lowest BCUT2D eigenvalue weighted by Gasteiger charge is -2.18. The first kappa shape index (κ1) is 14.4. The monoisotopic (exact) mass is 306 g/mol. The van der Waals surface area contributed by atoms with Crippen LogP contribution in [-0.2, 0) is 4.79 Å². The van der Waals surface area contributed by atoms with E-state index in [4.69, 9.17) is 6.42 Å². The Morgan fingerprint density at radius 1 is 1.27 bits per heavy atom. The number of rotatable bonds is 2. The number of H-pyrrole nitrogens is 1. The van der Waals surface area contributed by atoms with Crippen LogP contribution in [0.4, 0.5) is 5.69 Å². The molecule has 0 bridgehead atoms. The van der Waals surface area contributed by atoms with Gasteiger partial charge in [0.2, 0.25) is 0 Å². The first-order chi connectivity index (χ1) is 10.4. The third-order valence-corrected chi connectivity index (χ3v) is 5.92. The fraction of sp³-hybridized carbons (Fsp3) is 0.167. The molecule has 2 aromatic rings. The number of benzene rings is 1.